The molecule has 2 aromatic heterocycles. The van der Waals surface area contributed by atoms with E-state index in [0.29, 0.717) is 24.8 Å². The Labute approximate surface area is 207 Å². The fourth-order valence-electron chi connectivity index (χ4n) is 4.23. The van der Waals surface area contributed by atoms with Gasteiger partial charge in [-0.1, -0.05) is 44.5 Å². The molecule has 1 N–H and O–H groups in total. The molecular formula is C29H35N3O3. The first-order chi connectivity index (χ1) is 17.2. The van der Waals surface area contributed by atoms with Crippen LogP contribution in [0.2, 0.25) is 0 Å². The molecule has 1 amide bonds. The number of imidazole rings is 1. The number of nitrogens with one attached hydrogen (secondary N) is 1. The van der Waals surface area contributed by atoms with Crippen molar-refractivity contribution in [3.05, 3.63) is 84.1 Å². The minimum absolute atomic E-state index is 0.161. The van der Waals surface area contributed by atoms with E-state index in [2.05, 4.69) is 66.2 Å². The van der Waals surface area contributed by atoms with Crippen LogP contribution in [-0.4, -0.2) is 28.6 Å². The highest BCUT2D eigenvalue weighted by Gasteiger charge is 2.11. The molecule has 2 aromatic carbocycles. The number of para-hydroxylation sites is 2. The second kappa shape index (κ2) is 12.2. The third-order valence-electron chi connectivity index (χ3n) is 6.49. The summed E-state index contributed by atoms with van der Waals surface area (Å²) >= 11 is 0. The summed E-state index contributed by atoms with van der Waals surface area (Å²) in [5.41, 5.74) is 3.51. The Kier molecular flexibility index (Phi) is 8.60. The summed E-state index contributed by atoms with van der Waals surface area (Å²) in [5, 5.41) is 2.90. The minimum Gasteiger partial charge on any atom is -0.492 e. The fourth-order valence-corrected chi connectivity index (χ4v) is 4.23. The number of nitrogens with zero attached hydrogens (tertiary/aromatic N) is 2. The van der Waals surface area contributed by atoms with Crippen molar-refractivity contribution >= 4 is 16.9 Å². The molecule has 4 rings (SSSR count). The number of aromatic nitrogens is 2. The average molecular weight is 474 g/mol. The van der Waals surface area contributed by atoms with Crippen LogP contribution >= 0.6 is 0 Å². The number of ether oxygens (including phenoxy) is 1. The fraction of sp³-hybridized carbons (Fsp3) is 0.379. The Bertz CT molecular complexity index is 1200. The van der Waals surface area contributed by atoms with Crippen LogP contribution in [0, 0.1) is 0 Å². The van der Waals surface area contributed by atoms with Crippen molar-refractivity contribution in [2.24, 2.45) is 0 Å². The van der Waals surface area contributed by atoms with Crippen molar-refractivity contribution in [2.45, 2.75) is 58.4 Å². The Morgan fingerprint density at radius 1 is 1.06 bits per heavy atom. The van der Waals surface area contributed by atoms with E-state index < -0.39 is 0 Å². The van der Waals surface area contributed by atoms with Crippen LogP contribution < -0.4 is 10.1 Å². The molecule has 0 aliphatic carbocycles. The minimum atomic E-state index is -0.161. The zero-order valence-corrected chi connectivity index (χ0v) is 20.7. The van der Waals surface area contributed by atoms with Gasteiger partial charge in [0.1, 0.15) is 18.2 Å². The molecule has 0 fully saturated rings. The van der Waals surface area contributed by atoms with Crippen molar-refractivity contribution < 1.29 is 13.9 Å². The number of carbonyl (C=O) groups excluding carboxylic acids is 1. The van der Waals surface area contributed by atoms with Crippen molar-refractivity contribution in [2.75, 3.05) is 13.2 Å². The first-order valence-corrected chi connectivity index (χ1v) is 12.6. The number of unbranched alkanes of at least 4 members (excludes halogenated alkanes) is 2. The molecule has 0 aliphatic rings. The van der Waals surface area contributed by atoms with Crippen molar-refractivity contribution in [3.63, 3.8) is 0 Å². The lowest BCUT2D eigenvalue weighted by Gasteiger charge is -2.13. The Hall–Kier alpha value is -3.54. The van der Waals surface area contributed by atoms with Gasteiger partial charge in [-0.15, -0.1) is 0 Å². The van der Waals surface area contributed by atoms with Crippen LogP contribution in [0.3, 0.4) is 0 Å². The van der Waals surface area contributed by atoms with Gasteiger partial charge >= 0.3 is 0 Å². The number of furan rings is 1. The summed E-state index contributed by atoms with van der Waals surface area (Å²) in [6.07, 6.45) is 6.48. The molecule has 0 spiro atoms. The summed E-state index contributed by atoms with van der Waals surface area (Å²) in [6.45, 7) is 6.44. The highest BCUT2D eigenvalue weighted by Crippen LogP contribution is 2.22. The van der Waals surface area contributed by atoms with Gasteiger partial charge in [-0.3, -0.25) is 4.79 Å². The number of hydrogen-bond acceptors (Lipinski definition) is 4. The van der Waals surface area contributed by atoms with Gasteiger partial charge in [0, 0.05) is 13.0 Å². The second-order valence-electron chi connectivity index (χ2n) is 8.94. The maximum Gasteiger partial charge on any atom is 0.286 e. The number of fused-ring (bicyclic) bond motifs is 1. The standard InChI is InChI=1S/C29H35N3O3/c1-3-22(2)23-14-16-24(17-15-23)34-21-19-32-26-11-7-6-10-25(26)31-28(32)13-5-4-8-18-30-29(33)27-12-9-20-35-27/h6-7,9-12,14-17,20,22H,3-5,8,13,18-19,21H2,1-2H3,(H,30,33). The molecule has 0 saturated heterocycles. The lowest BCUT2D eigenvalue weighted by molar-refractivity contribution is 0.0925. The van der Waals surface area contributed by atoms with Crippen LogP contribution in [0.15, 0.2) is 71.3 Å². The Morgan fingerprint density at radius 2 is 1.89 bits per heavy atom. The average Bonchev–Trinajstić information content (AvgIpc) is 3.55. The van der Waals surface area contributed by atoms with Gasteiger partial charge in [0.2, 0.25) is 0 Å². The van der Waals surface area contributed by atoms with Crippen LogP contribution in [0.5, 0.6) is 5.75 Å². The van der Waals surface area contributed by atoms with Crippen molar-refractivity contribution in [3.8, 4) is 5.75 Å². The molecule has 4 aromatic rings. The molecule has 0 aliphatic heterocycles. The first-order valence-electron chi connectivity index (χ1n) is 12.6. The number of benzene rings is 2. The number of amides is 1. The molecule has 184 valence electrons. The van der Waals surface area contributed by atoms with E-state index in [1.807, 2.05) is 6.07 Å². The van der Waals surface area contributed by atoms with Crippen LogP contribution in [0.25, 0.3) is 11.0 Å². The van der Waals surface area contributed by atoms with Crippen molar-refractivity contribution in [1.82, 2.24) is 14.9 Å². The topological polar surface area (TPSA) is 69.3 Å². The normalized spacial score (nSPS) is 12.1. The van der Waals surface area contributed by atoms with E-state index in [4.69, 9.17) is 14.1 Å². The Morgan fingerprint density at radius 3 is 2.66 bits per heavy atom. The summed E-state index contributed by atoms with van der Waals surface area (Å²) < 4.78 is 13.5. The molecule has 2 heterocycles. The molecule has 35 heavy (non-hydrogen) atoms. The maximum atomic E-state index is 11.9. The number of rotatable bonds is 13. The van der Waals surface area contributed by atoms with E-state index in [-0.39, 0.29) is 5.91 Å². The number of carbonyl (C=O) groups is 1. The Balaban J connectivity index is 1.27. The van der Waals surface area contributed by atoms with Gasteiger partial charge in [-0.25, -0.2) is 4.98 Å². The second-order valence-corrected chi connectivity index (χ2v) is 8.94. The smallest absolute Gasteiger partial charge is 0.286 e. The van der Waals surface area contributed by atoms with Gasteiger partial charge in [-0.05, 0) is 67.1 Å². The molecule has 0 saturated carbocycles. The van der Waals surface area contributed by atoms with E-state index in [1.165, 1.54) is 11.8 Å². The lowest BCUT2D eigenvalue weighted by Crippen LogP contribution is -2.23. The van der Waals surface area contributed by atoms with Crippen LogP contribution in [0.4, 0.5) is 0 Å². The zero-order valence-electron chi connectivity index (χ0n) is 20.7. The quantitative estimate of drug-likeness (QED) is 0.229. The zero-order chi connectivity index (χ0) is 24.5. The predicted octanol–water partition coefficient (Wildman–Crippen LogP) is 6.36. The largest absolute Gasteiger partial charge is 0.492 e. The predicted molar refractivity (Wildman–Crippen MR) is 139 cm³/mol. The maximum absolute atomic E-state index is 11.9. The molecule has 0 bridgehead atoms. The SMILES string of the molecule is CCC(C)c1ccc(OCCn2c(CCCCCNC(=O)c3ccco3)nc3ccccc32)cc1. The van der Waals surface area contributed by atoms with E-state index in [9.17, 15) is 4.79 Å². The molecule has 6 nitrogen and oxygen atoms in total. The van der Waals surface area contributed by atoms with Crippen LogP contribution in [-0.2, 0) is 13.0 Å². The first kappa shape index (κ1) is 24.6. The molecule has 6 heteroatoms. The molecular weight excluding hydrogens is 438 g/mol. The third-order valence-corrected chi connectivity index (χ3v) is 6.49. The van der Waals surface area contributed by atoms with Gasteiger partial charge in [0.25, 0.3) is 5.91 Å². The monoisotopic (exact) mass is 473 g/mol. The molecule has 0 radical (unpaired) electrons. The number of hydrogen-bond donors (Lipinski definition) is 1. The third kappa shape index (κ3) is 6.53. The summed E-state index contributed by atoms with van der Waals surface area (Å²) in [7, 11) is 0. The summed E-state index contributed by atoms with van der Waals surface area (Å²) in [6, 6.07) is 20.1. The highest BCUT2D eigenvalue weighted by molar-refractivity contribution is 5.91. The highest BCUT2D eigenvalue weighted by atomic mass is 16.5. The van der Waals surface area contributed by atoms with Gasteiger partial charge in [0.05, 0.1) is 23.8 Å². The van der Waals surface area contributed by atoms with Crippen LogP contribution in [0.1, 0.15) is 67.4 Å². The van der Waals surface area contributed by atoms with Gasteiger partial charge in [0.15, 0.2) is 5.76 Å². The van der Waals surface area contributed by atoms with E-state index >= 15 is 0 Å². The summed E-state index contributed by atoms with van der Waals surface area (Å²) in [4.78, 5) is 16.8. The van der Waals surface area contributed by atoms with E-state index in [0.717, 1.165) is 61.3 Å². The molecule has 1 unspecified atom stereocenters. The van der Waals surface area contributed by atoms with Crippen molar-refractivity contribution in [1.29, 1.82) is 0 Å². The lowest BCUT2D eigenvalue weighted by atomic mass is 9.99. The van der Waals surface area contributed by atoms with Gasteiger partial charge in [-0.2, -0.15) is 0 Å². The number of aryl methyl sites for hydroxylation is 1. The molecule has 1 atom stereocenters. The van der Waals surface area contributed by atoms with Gasteiger partial charge < -0.3 is 19.0 Å². The van der Waals surface area contributed by atoms with E-state index in [1.54, 1.807) is 12.1 Å². The summed E-state index contributed by atoms with van der Waals surface area (Å²) in [5.74, 6) is 2.75.